The number of fused-ring (bicyclic) bond motifs is 1. The van der Waals surface area contributed by atoms with Crippen LogP contribution in [-0.4, -0.2) is 38.0 Å². The van der Waals surface area contributed by atoms with Crippen molar-refractivity contribution in [3.8, 4) is 11.1 Å². The Hall–Kier alpha value is -2.34. The molecule has 0 N–H and O–H groups in total. The number of nitrogens with zero attached hydrogens (tertiary/aromatic N) is 5. The molecule has 0 aliphatic carbocycles. The fourth-order valence-corrected chi connectivity index (χ4v) is 3.50. The minimum atomic E-state index is -0.232. The van der Waals surface area contributed by atoms with Gasteiger partial charge in [0.15, 0.2) is 5.65 Å². The van der Waals surface area contributed by atoms with Gasteiger partial charge >= 0.3 is 0 Å². The molecule has 0 spiro atoms. The van der Waals surface area contributed by atoms with Gasteiger partial charge in [-0.2, -0.15) is 4.52 Å². The van der Waals surface area contributed by atoms with Gasteiger partial charge in [-0.15, -0.1) is 5.10 Å². The van der Waals surface area contributed by atoms with Crippen LogP contribution in [-0.2, 0) is 6.54 Å². The van der Waals surface area contributed by atoms with Gasteiger partial charge in [0.05, 0.1) is 0 Å². The van der Waals surface area contributed by atoms with Gasteiger partial charge in [0.1, 0.15) is 5.82 Å². The number of rotatable bonds is 3. The van der Waals surface area contributed by atoms with Crippen LogP contribution in [0.25, 0.3) is 16.8 Å². The monoisotopic (exact) mass is 325 g/mol. The third-order valence-electron chi connectivity index (χ3n) is 4.68. The van der Waals surface area contributed by atoms with Gasteiger partial charge < -0.3 is 0 Å². The molecule has 1 saturated heterocycles. The van der Waals surface area contributed by atoms with Crippen molar-refractivity contribution in [1.29, 1.82) is 0 Å². The van der Waals surface area contributed by atoms with Crippen LogP contribution in [0.3, 0.4) is 0 Å². The average molecular weight is 325 g/mol. The van der Waals surface area contributed by atoms with Gasteiger partial charge in [0.25, 0.3) is 0 Å². The molecule has 1 atom stereocenters. The first kappa shape index (κ1) is 15.2. The Morgan fingerprint density at radius 3 is 2.83 bits per heavy atom. The molecule has 4 rings (SSSR count). The molecule has 0 bridgehead atoms. The van der Waals surface area contributed by atoms with E-state index in [2.05, 4.69) is 33.4 Å². The van der Waals surface area contributed by atoms with Crippen molar-refractivity contribution in [1.82, 2.24) is 24.9 Å². The van der Waals surface area contributed by atoms with Crippen LogP contribution in [0, 0.1) is 11.7 Å². The average Bonchev–Trinajstić information content (AvgIpc) is 3.04. The van der Waals surface area contributed by atoms with E-state index in [9.17, 15) is 4.39 Å². The largest absolute Gasteiger partial charge is 0.299 e. The molecular weight excluding hydrogens is 305 g/mol. The summed E-state index contributed by atoms with van der Waals surface area (Å²) >= 11 is 0. The molecule has 2 aromatic heterocycles. The lowest BCUT2D eigenvalue weighted by Crippen LogP contribution is -2.33. The third kappa shape index (κ3) is 3.01. The molecular formula is C18H20FN5. The van der Waals surface area contributed by atoms with E-state index in [1.165, 1.54) is 25.0 Å². The Balaban J connectivity index is 1.71. The number of halogens is 1. The summed E-state index contributed by atoms with van der Waals surface area (Å²) in [6.07, 6.45) is 4.43. The second-order valence-electron chi connectivity index (χ2n) is 6.69. The number of likely N-dealkylation sites (tertiary alicyclic amines) is 1. The smallest absolute Gasteiger partial charge is 0.183 e. The Morgan fingerprint density at radius 2 is 2.04 bits per heavy atom. The van der Waals surface area contributed by atoms with Gasteiger partial charge in [-0.05, 0) is 59.5 Å². The van der Waals surface area contributed by atoms with Crippen molar-refractivity contribution >= 4 is 5.65 Å². The van der Waals surface area contributed by atoms with Crippen LogP contribution in [0.1, 0.15) is 25.3 Å². The number of piperidine rings is 1. The highest BCUT2D eigenvalue weighted by Crippen LogP contribution is 2.25. The quantitative estimate of drug-likeness (QED) is 0.742. The number of pyridine rings is 1. The first-order chi connectivity index (χ1) is 11.7. The van der Waals surface area contributed by atoms with Crippen molar-refractivity contribution < 1.29 is 4.39 Å². The maximum atomic E-state index is 13.2. The van der Waals surface area contributed by atoms with E-state index >= 15 is 0 Å². The lowest BCUT2D eigenvalue weighted by atomic mass is 9.99. The summed E-state index contributed by atoms with van der Waals surface area (Å²) in [6, 6.07) is 8.65. The summed E-state index contributed by atoms with van der Waals surface area (Å²) < 4.78 is 14.9. The summed E-state index contributed by atoms with van der Waals surface area (Å²) in [4.78, 5) is 2.46. The van der Waals surface area contributed by atoms with Crippen molar-refractivity contribution in [2.45, 2.75) is 26.3 Å². The number of aromatic nitrogens is 4. The van der Waals surface area contributed by atoms with Crippen LogP contribution in [0.2, 0.25) is 0 Å². The van der Waals surface area contributed by atoms with E-state index in [1.807, 2.05) is 6.20 Å². The Morgan fingerprint density at radius 1 is 1.21 bits per heavy atom. The molecule has 5 nitrogen and oxygen atoms in total. The number of tetrazole rings is 1. The zero-order valence-corrected chi connectivity index (χ0v) is 13.7. The van der Waals surface area contributed by atoms with E-state index in [4.69, 9.17) is 0 Å². The molecule has 0 radical (unpaired) electrons. The van der Waals surface area contributed by atoms with Gasteiger partial charge in [-0.25, -0.2) is 4.39 Å². The predicted octanol–water partition coefficient (Wildman–Crippen LogP) is 3.16. The Kier molecular flexibility index (Phi) is 3.98. The first-order valence-corrected chi connectivity index (χ1v) is 8.38. The zero-order chi connectivity index (χ0) is 16.5. The highest BCUT2D eigenvalue weighted by Gasteiger charge is 2.18. The van der Waals surface area contributed by atoms with Crippen LogP contribution in [0.15, 0.2) is 36.5 Å². The fraction of sp³-hybridized carbons (Fsp3) is 0.389. The number of benzene rings is 1. The Labute approximate surface area is 140 Å². The maximum absolute atomic E-state index is 13.2. The molecule has 6 heteroatoms. The van der Waals surface area contributed by atoms with Crippen molar-refractivity contribution in [2.75, 3.05) is 13.1 Å². The summed E-state index contributed by atoms with van der Waals surface area (Å²) in [6.45, 7) is 5.35. The van der Waals surface area contributed by atoms with E-state index in [-0.39, 0.29) is 5.82 Å². The Bertz CT molecular complexity index is 842. The molecule has 1 aliphatic rings. The second-order valence-corrected chi connectivity index (χ2v) is 6.69. The molecule has 3 heterocycles. The van der Waals surface area contributed by atoms with Gasteiger partial charge in [0.2, 0.25) is 0 Å². The molecule has 124 valence electrons. The van der Waals surface area contributed by atoms with Crippen molar-refractivity contribution in [3.05, 3.63) is 47.9 Å². The fourth-order valence-electron chi connectivity index (χ4n) is 3.50. The molecule has 3 aromatic rings. The molecule has 0 amide bonds. The van der Waals surface area contributed by atoms with Crippen molar-refractivity contribution in [2.24, 2.45) is 5.92 Å². The molecule has 24 heavy (non-hydrogen) atoms. The minimum Gasteiger partial charge on any atom is -0.299 e. The summed E-state index contributed by atoms with van der Waals surface area (Å²) in [5.41, 5.74) is 3.85. The van der Waals surface area contributed by atoms with Crippen LogP contribution in [0.4, 0.5) is 4.39 Å². The van der Waals surface area contributed by atoms with Crippen LogP contribution >= 0.6 is 0 Å². The molecule has 1 aromatic carbocycles. The topological polar surface area (TPSA) is 46.3 Å². The summed E-state index contributed by atoms with van der Waals surface area (Å²) in [5.74, 6) is 0.496. The molecule has 1 aliphatic heterocycles. The lowest BCUT2D eigenvalue weighted by molar-refractivity contribution is 0.177. The van der Waals surface area contributed by atoms with Crippen LogP contribution in [0.5, 0.6) is 0 Å². The van der Waals surface area contributed by atoms with E-state index in [0.29, 0.717) is 0 Å². The highest BCUT2D eigenvalue weighted by atomic mass is 19.1. The number of hydrogen-bond donors (Lipinski definition) is 0. The molecule has 0 unspecified atom stereocenters. The van der Waals surface area contributed by atoms with E-state index in [1.54, 1.807) is 16.6 Å². The normalized spacial score (nSPS) is 19.0. The summed E-state index contributed by atoms with van der Waals surface area (Å²) in [5, 5.41) is 12.0. The van der Waals surface area contributed by atoms with E-state index in [0.717, 1.165) is 47.9 Å². The summed E-state index contributed by atoms with van der Waals surface area (Å²) in [7, 11) is 0. The van der Waals surface area contributed by atoms with Gasteiger partial charge in [-0.3, -0.25) is 4.90 Å². The maximum Gasteiger partial charge on any atom is 0.183 e. The third-order valence-corrected chi connectivity index (χ3v) is 4.68. The molecule has 0 saturated carbocycles. The van der Waals surface area contributed by atoms with Gasteiger partial charge in [-0.1, -0.05) is 19.1 Å². The second kappa shape index (κ2) is 6.28. The highest BCUT2D eigenvalue weighted by molar-refractivity contribution is 5.66. The SMILES string of the molecule is C[C@H]1CCCN(Cc2cc(-c3ccc(F)cc3)cn3nnnc23)C1. The standard InChI is InChI=1S/C18H20FN5/c1-13-3-2-8-23(10-13)11-16-9-15(12-24-18(16)20-21-22-24)14-4-6-17(19)7-5-14/h4-7,9,12-13H,2-3,8,10-11H2,1H3/t13-/m0/s1. The molecule has 1 fully saturated rings. The van der Waals surface area contributed by atoms with E-state index < -0.39 is 0 Å². The zero-order valence-electron chi connectivity index (χ0n) is 13.7. The van der Waals surface area contributed by atoms with Crippen LogP contribution < -0.4 is 0 Å². The van der Waals surface area contributed by atoms with Gasteiger partial charge in [0, 0.05) is 30.4 Å². The van der Waals surface area contributed by atoms with Crippen molar-refractivity contribution in [3.63, 3.8) is 0 Å². The minimum absolute atomic E-state index is 0.232. The lowest BCUT2D eigenvalue weighted by Gasteiger charge is -2.30. The predicted molar refractivity (Wildman–Crippen MR) is 89.9 cm³/mol. The number of hydrogen-bond acceptors (Lipinski definition) is 4. The first-order valence-electron chi connectivity index (χ1n) is 8.38.